The molecule has 2 aromatic carbocycles. The smallest absolute Gasteiger partial charge is 0.241 e. The molecule has 3 heterocycles. The molecule has 1 fully saturated rings. The molecule has 1 spiro atoms. The van der Waals surface area contributed by atoms with E-state index in [9.17, 15) is 4.79 Å². The Hall–Kier alpha value is -2.63. The van der Waals surface area contributed by atoms with Gasteiger partial charge < -0.3 is 19.1 Å². The predicted octanol–water partition coefficient (Wildman–Crippen LogP) is 4.57. The average Bonchev–Trinajstić information content (AvgIpc) is 3.37. The summed E-state index contributed by atoms with van der Waals surface area (Å²) in [6.07, 6.45) is 7.79. The number of aryl methyl sites for hydroxylation is 1. The van der Waals surface area contributed by atoms with Gasteiger partial charge in [-0.05, 0) is 61.4 Å². The maximum atomic E-state index is 12.3. The molecule has 1 amide bonds. The number of likely N-dealkylation sites (N-methyl/N-ethyl adjacent to an activating group) is 1. The van der Waals surface area contributed by atoms with E-state index in [4.69, 9.17) is 4.74 Å². The van der Waals surface area contributed by atoms with Crippen molar-refractivity contribution in [1.29, 1.82) is 0 Å². The summed E-state index contributed by atoms with van der Waals surface area (Å²) in [6.45, 7) is 4.54. The van der Waals surface area contributed by atoms with E-state index in [0.29, 0.717) is 6.54 Å². The molecule has 174 valence electrons. The number of hydrogen-bond donors (Lipinski definition) is 0. The van der Waals surface area contributed by atoms with Crippen molar-refractivity contribution in [3.8, 4) is 0 Å². The Balaban J connectivity index is 1.14. The minimum absolute atomic E-state index is 0.0427. The van der Waals surface area contributed by atoms with Crippen LogP contribution in [0.2, 0.25) is 0 Å². The number of ether oxygens (including phenoxy) is 1. The molecule has 0 aliphatic carbocycles. The van der Waals surface area contributed by atoms with E-state index in [-0.39, 0.29) is 11.5 Å². The highest BCUT2D eigenvalue weighted by Gasteiger charge is 2.42. The zero-order chi connectivity index (χ0) is 22.8. The fraction of sp³-hybridized carbons (Fsp3) is 0.464. The van der Waals surface area contributed by atoms with E-state index >= 15 is 0 Å². The number of carbonyl (C=O) groups is 1. The Morgan fingerprint density at radius 3 is 2.61 bits per heavy atom. The van der Waals surface area contributed by atoms with Gasteiger partial charge in [0, 0.05) is 44.3 Å². The second-order valence-electron chi connectivity index (χ2n) is 9.83. The standard InChI is InChI=1S/C28H35N3O2/c1-29(2)27(32)20-31-19-22(24-11-4-6-13-26(24)31)9-7-8-16-30-17-14-28(15-18-30)25-12-5-3-10-23(25)21-33-28/h3-6,10-13,19H,7-9,14-18,20-21H2,1-2H3. The Labute approximate surface area is 196 Å². The monoisotopic (exact) mass is 445 g/mol. The molecule has 5 nitrogen and oxygen atoms in total. The second-order valence-corrected chi connectivity index (χ2v) is 9.83. The van der Waals surface area contributed by atoms with Crippen molar-refractivity contribution in [1.82, 2.24) is 14.4 Å². The lowest BCUT2D eigenvalue weighted by atomic mass is 9.84. The van der Waals surface area contributed by atoms with Gasteiger partial charge in [0.05, 0.1) is 12.2 Å². The third-order valence-corrected chi connectivity index (χ3v) is 7.52. The molecule has 0 unspecified atom stereocenters. The van der Waals surface area contributed by atoms with Gasteiger partial charge in [0.15, 0.2) is 0 Å². The number of benzene rings is 2. The summed E-state index contributed by atoms with van der Waals surface area (Å²) >= 11 is 0. The zero-order valence-electron chi connectivity index (χ0n) is 19.9. The maximum Gasteiger partial charge on any atom is 0.241 e. The molecule has 33 heavy (non-hydrogen) atoms. The Morgan fingerprint density at radius 1 is 1.03 bits per heavy atom. The highest BCUT2D eigenvalue weighted by Crippen LogP contribution is 2.43. The lowest BCUT2D eigenvalue weighted by Gasteiger charge is -2.39. The summed E-state index contributed by atoms with van der Waals surface area (Å²) in [6, 6.07) is 17.2. The second kappa shape index (κ2) is 9.32. The van der Waals surface area contributed by atoms with Gasteiger partial charge in [-0.2, -0.15) is 0 Å². The highest BCUT2D eigenvalue weighted by atomic mass is 16.5. The van der Waals surface area contributed by atoms with Crippen LogP contribution in [0, 0.1) is 0 Å². The van der Waals surface area contributed by atoms with Gasteiger partial charge in [0.2, 0.25) is 5.91 Å². The highest BCUT2D eigenvalue weighted by molar-refractivity contribution is 5.86. The van der Waals surface area contributed by atoms with Crippen LogP contribution in [0.1, 0.15) is 42.4 Å². The van der Waals surface area contributed by atoms with Gasteiger partial charge in [0.25, 0.3) is 0 Å². The first-order chi connectivity index (χ1) is 16.1. The minimum Gasteiger partial charge on any atom is -0.365 e. The number of piperidine rings is 1. The molecule has 5 rings (SSSR count). The summed E-state index contributed by atoms with van der Waals surface area (Å²) in [5, 5.41) is 1.28. The van der Waals surface area contributed by atoms with Crippen LogP contribution in [0.5, 0.6) is 0 Å². The van der Waals surface area contributed by atoms with Crippen LogP contribution in [0.15, 0.2) is 54.7 Å². The molecule has 3 aromatic rings. The molecule has 2 aliphatic heterocycles. The minimum atomic E-state index is -0.0427. The maximum absolute atomic E-state index is 12.3. The molecule has 1 aromatic heterocycles. The van der Waals surface area contributed by atoms with E-state index < -0.39 is 0 Å². The summed E-state index contributed by atoms with van der Waals surface area (Å²) in [5.41, 5.74) is 5.26. The van der Waals surface area contributed by atoms with E-state index in [1.807, 2.05) is 14.1 Å². The van der Waals surface area contributed by atoms with Gasteiger partial charge in [-0.25, -0.2) is 0 Å². The number of unbranched alkanes of at least 4 members (excludes halogenated alkanes) is 1. The van der Waals surface area contributed by atoms with Crippen LogP contribution in [0.3, 0.4) is 0 Å². The summed E-state index contributed by atoms with van der Waals surface area (Å²) < 4.78 is 8.42. The van der Waals surface area contributed by atoms with Crippen molar-refractivity contribution in [3.05, 3.63) is 71.4 Å². The number of para-hydroxylation sites is 1. The molecular weight excluding hydrogens is 410 g/mol. The van der Waals surface area contributed by atoms with Crippen molar-refractivity contribution in [2.24, 2.45) is 0 Å². The van der Waals surface area contributed by atoms with Crippen molar-refractivity contribution < 1.29 is 9.53 Å². The van der Waals surface area contributed by atoms with Gasteiger partial charge >= 0.3 is 0 Å². The molecule has 0 N–H and O–H groups in total. The summed E-state index contributed by atoms with van der Waals surface area (Å²) in [7, 11) is 3.63. The number of rotatable bonds is 7. The number of aromatic nitrogens is 1. The SMILES string of the molecule is CN(C)C(=O)Cn1cc(CCCCN2CCC3(CC2)OCc2ccccc23)c2ccccc21. The molecule has 2 aliphatic rings. The first kappa shape index (κ1) is 22.2. The van der Waals surface area contributed by atoms with Gasteiger partial charge in [-0.3, -0.25) is 4.79 Å². The van der Waals surface area contributed by atoms with Gasteiger partial charge in [0.1, 0.15) is 6.54 Å². The van der Waals surface area contributed by atoms with Crippen LogP contribution < -0.4 is 0 Å². The van der Waals surface area contributed by atoms with Crippen LogP contribution >= 0.6 is 0 Å². The fourth-order valence-corrected chi connectivity index (χ4v) is 5.53. The quantitative estimate of drug-likeness (QED) is 0.500. The van der Waals surface area contributed by atoms with Crippen LogP contribution in [0.25, 0.3) is 10.9 Å². The number of nitrogens with zero attached hydrogens (tertiary/aromatic N) is 3. The average molecular weight is 446 g/mol. The largest absolute Gasteiger partial charge is 0.365 e. The van der Waals surface area contributed by atoms with Crippen molar-refractivity contribution >= 4 is 16.8 Å². The van der Waals surface area contributed by atoms with Crippen molar-refractivity contribution in [2.45, 2.75) is 50.9 Å². The van der Waals surface area contributed by atoms with Crippen LogP contribution in [0.4, 0.5) is 0 Å². The molecule has 0 atom stereocenters. The third kappa shape index (κ3) is 4.44. The van der Waals surface area contributed by atoms with E-state index in [0.717, 1.165) is 57.4 Å². The Morgan fingerprint density at radius 2 is 1.79 bits per heavy atom. The number of amides is 1. The number of likely N-dealkylation sites (tertiary alicyclic amines) is 1. The van der Waals surface area contributed by atoms with Crippen molar-refractivity contribution in [2.75, 3.05) is 33.7 Å². The summed E-state index contributed by atoms with van der Waals surface area (Å²) in [4.78, 5) is 16.5. The Kier molecular flexibility index (Phi) is 6.26. The van der Waals surface area contributed by atoms with Gasteiger partial charge in [-0.1, -0.05) is 42.5 Å². The van der Waals surface area contributed by atoms with Crippen LogP contribution in [-0.4, -0.2) is 54.0 Å². The zero-order valence-corrected chi connectivity index (χ0v) is 19.9. The first-order valence-electron chi connectivity index (χ1n) is 12.3. The lowest BCUT2D eigenvalue weighted by molar-refractivity contribution is -0.129. The molecule has 1 saturated heterocycles. The lowest BCUT2D eigenvalue weighted by Crippen LogP contribution is -2.42. The topological polar surface area (TPSA) is 37.7 Å². The normalized spacial score (nSPS) is 17.5. The number of fused-ring (bicyclic) bond motifs is 3. The molecule has 0 saturated carbocycles. The van der Waals surface area contributed by atoms with Crippen molar-refractivity contribution in [3.63, 3.8) is 0 Å². The number of carbonyl (C=O) groups excluding carboxylic acids is 1. The van der Waals surface area contributed by atoms with Gasteiger partial charge in [-0.15, -0.1) is 0 Å². The fourth-order valence-electron chi connectivity index (χ4n) is 5.53. The predicted molar refractivity (Wildman–Crippen MR) is 132 cm³/mol. The third-order valence-electron chi connectivity index (χ3n) is 7.52. The molecular formula is C28H35N3O2. The number of hydrogen-bond acceptors (Lipinski definition) is 3. The first-order valence-corrected chi connectivity index (χ1v) is 12.3. The Bertz CT molecular complexity index is 1130. The van der Waals surface area contributed by atoms with Crippen LogP contribution in [-0.2, 0) is 34.7 Å². The van der Waals surface area contributed by atoms with E-state index in [2.05, 4.69) is 64.2 Å². The van der Waals surface area contributed by atoms with E-state index in [1.165, 1.54) is 28.5 Å². The molecule has 0 radical (unpaired) electrons. The summed E-state index contributed by atoms with van der Waals surface area (Å²) in [5.74, 6) is 0.124. The molecule has 5 heteroatoms. The van der Waals surface area contributed by atoms with E-state index in [1.54, 1.807) is 4.90 Å². The molecule has 0 bridgehead atoms.